The van der Waals surface area contributed by atoms with E-state index in [4.69, 9.17) is 9.47 Å². The molecule has 0 aliphatic rings. The van der Waals surface area contributed by atoms with Crippen molar-refractivity contribution in [1.82, 2.24) is 15.3 Å². The van der Waals surface area contributed by atoms with E-state index >= 15 is 0 Å². The number of carbonyl (C=O) groups is 2. The summed E-state index contributed by atoms with van der Waals surface area (Å²) in [6, 6.07) is 16.4. The molecule has 2 aromatic carbocycles. The first-order valence-corrected chi connectivity index (χ1v) is 9.70. The number of nitrogens with zero attached hydrogens (tertiary/aromatic N) is 2. The van der Waals surface area contributed by atoms with Gasteiger partial charge in [0.2, 0.25) is 0 Å². The summed E-state index contributed by atoms with van der Waals surface area (Å²) < 4.78 is 10.7. The Morgan fingerprint density at radius 1 is 0.935 bits per heavy atom. The standard InChI is InChI=1S/C23H24N4O4/c1-23(2,3)31-22(29)26-13-16-9-11-18(12-10-16)27-20(28)17-14-24-21(25-15-17)30-19-7-5-4-6-8-19/h4-12,14-15H,13H2,1-3H3,(H,26,29)(H,27,28). The van der Waals surface area contributed by atoms with Crippen molar-refractivity contribution >= 4 is 17.7 Å². The van der Waals surface area contributed by atoms with E-state index in [1.807, 2.05) is 18.2 Å². The number of benzene rings is 2. The van der Waals surface area contributed by atoms with Crippen LogP contribution in [0.5, 0.6) is 11.8 Å². The van der Waals surface area contributed by atoms with Crippen LogP contribution in [0.4, 0.5) is 10.5 Å². The van der Waals surface area contributed by atoms with Crippen molar-refractivity contribution in [1.29, 1.82) is 0 Å². The minimum absolute atomic E-state index is 0.157. The predicted octanol–water partition coefficient (Wildman–Crippen LogP) is 4.55. The molecule has 0 bridgehead atoms. The van der Waals surface area contributed by atoms with Crippen LogP contribution in [-0.4, -0.2) is 27.6 Å². The van der Waals surface area contributed by atoms with Crippen LogP contribution < -0.4 is 15.4 Å². The van der Waals surface area contributed by atoms with E-state index in [-0.39, 0.29) is 11.9 Å². The molecule has 0 unspecified atom stereocenters. The number of hydrogen-bond donors (Lipinski definition) is 2. The summed E-state index contributed by atoms with van der Waals surface area (Å²) in [6.07, 6.45) is 2.32. The maximum Gasteiger partial charge on any atom is 0.407 e. The Balaban J connectivity index is 1.51. The van der Waals surface area contributed by atoms with Gasteiger partial charge in [-0.05, 0) is 50.6 Å². The third-order valence-corrected chi connectivity index (χ3v) is 3.89. The molecule has 3 aromatic rings. The van der Waals surface area contributed by atoms with E-state index < -0.39 is 11.7 Å². The average Bonchev–Trinajstić information content (AvgIpc) is 2.73. The van der Waals surface area contributed by atoms with Gasteiger partial charge in [0.25, 0.3) is 5.91 Å². The summed E-state index contributed by atoms with van der Waals surface area (Å²) in [5.74, 6) is 0.270. The third kappa shape index (κ3) is 7.11. The number of nitrogens with one attached hydrogen (secondary N) is 2. The number of carbonyl (C=O) groups excluding carboxylic acids is 2. The van der Waals surface area contributed by atoms with Gasteiger partial charge in [-0.3, -0.25) is 4.79 Å². The molecule has 0 aliphatic heterocycles. The van der Waals surface area contributed by atoms with Crippen molar-refractivity contribution in [2.45, 2.75) is 32.9 Å². The highest BCUT2D eigenvalue weighted by Crippen LogP contribution is 2.17. The second kappa shape index (κ2) is 9.71. The Bertz CT molecular complexity index is 1010. The van der Waals surface area contributed by atoms with Crippen LogP contribution in [-0.2, 0) is 11.3 Å². The Labute approximate surface area is 180 Å². The summed E-state index contributed by atoms with van der Waals surface area (Å²) in [6.45, 7) is 5.73. The molecule has 1 aromatic heterocycles. The maximum absolute atomic E-state index is 12.4. The van der Waals surface area contributed by atoms with Crippen molar-refractivity contribution in [3.63, 3.8) is 0 Å². The number of hydrogen-bond acceptors (Lipinski definition) is 6. The van der Waals surface area contributed by atoms with Gasteiger partial charge in [-0.15, -0.1) is 0 Å². The third-order valence-electron chi connectivity index (χ3n) is 3.89. The number of aromatic nitrogens is 2. The zero-order valence-electron chi connectivity index (χ0n) is 17.6. The van der Waals surface area contributed by atoms with E-state index in [0.29, 0.717) is 23.5 Å². The van der Waals surface area contributed by atoms with Gasteiger partial charge in [0.05, 0.1) is 5.56 Å². The second-order valence-corrected chi connectivity index (χ2v) is 7.68. The number of ether oxygens (including phenoxy) is 2. The zero-order valence-corrected chi connectivity index (χ0v) is 17.6. The lowest BCUT2D eigenvalue weighted by Crippen LogP contribution is -2.32. The molecule has 1 heterocycles. The lowest BCUT2D eigenvalue weighted by molar-refractivity contribution is 0.0523. The molecular weight excluding hydrogens is 396 g/mol. The molecule has 8 heteroatoms. The minimum atomic E-state index is -0.548. The Kier molecular flexibility index (Phi) is 6.81. The fourth-order valence-corrected chi connectivity index (χ4v) is 2.48. The maximum atomic E-state index is 12.4. The number of alkyl carbamates (subject to hydrolysis) is 1. The largest absolute Gasteiger partial charge is 0.444 e. The number of anilines is 1. The Morgan fingerprint density at radius 2 is 1.58 bits per heavy atom. The minimum Gasteiger partial charge on any atom is -0.444 e. The van der Waals surface area contributed by atoms with Gasteiger partial charge in [-0.25, -0.2) is 14.8 Å². The van der Waals surface area contributed by atoms with Gasteiger partial charge < -0.3 is 20.1 Å². The van der Waals surface area contributed by atoms with Crippen LogP contribution in [0.15, 0.2) is 67.0 Å². The van der Waals surface area contributed by atoms with Gasteiger partial charge in [-0.1, -0.05) is 30.3 Å². The first kappa shape index (κ1) is 21.8. The highest BCUT2D eigenvalue weighted by Gasteiger charge is 2.15. The van der Waals surface area contributed by atoms with Gasteiger partial charge in [0.15, 0.2) is 0 Å². The highest BCUT2D eigenvalue weighted by atomic mass is 16.6. The molecule has 31 heavy (non-hydrogen) atoms. The van der Waals surface area contributed by atoms with E-state index in [9.17, 15) is 9.59 Å². The SMILES string of the molecule is CC(C)(C)OC(=O)NCc1ccc(NC(=O)c2cnc(Oc3ccccc3)nc2)cc1. The van der Waals surface area contributed by atoms with Crippen LogP contribution in [0.1, 0.15) is 36.7 Å². The average molecular weight is 420 g/mol. The number of para-hydroxylation sites is 1. The molecule has 0 saturated carbocycles. The molecule has 160 valence electrons. The highest BCUT2D eigenvalue weighted by molar-refractivity contribution is 6.03. The second-order valence-electron chi connectivity index (χ2n) is 7.68. The van der Waals surface area contributed by atoms with Crippen LogP contribution in [0.2, 0.25) is 0 Å². The van der Waals surface area contributed by atoms with E-state index in [1.165, 1.54) is 12.4 Å². The lowest BCUT2D eigenvalue weighted by atomic mass is 10.2. The molecule has 0 atom stereocenters. The summed E-state index contributed by atoms with van der Waals surface area (Å²) in [5, 5.41) is 5.47. The first-order valence-electron chi connectivity index (χ1n) is 9.70. The molecule has 8 nitrogen and oxygen atoms in total. The van der Waals surface area contributed by atoms with Gasteiger partial charge in [0, 0.05) is 24.6 Å². The summed E-state index contributed by atoms with van der Waals surface area (Å²) in [4.78, 5) is 32.3. The summed E-state index contributed by atoms with van der Waals surface area (Å²) in [7, 11) is 0. The molecule has 0 fully saturated rings. The molecular formula is C23H24N4O4. The van der Waals surface area contributed by atoms with Crippen molar-refractivity contribution in [3.8, 4) is 11.8 Å². The fourth-order valence-electron chi connectivity index (χ4n) is 2.48. The van der Waals surface area contributed by atoms with Crippen molar-refractivity contribution < 1.29 is 19.1 Å². The van der Waals surface area contributed by atoms with Gasteiger partial charge in [-0.2, -0.15) is 0 Å². The van der Waals surface area contributed by atoms with Gasteiger partial charge in [0.1, 0.15) is 11.4 Å². The molecule has 2 amide bonds. The van der Waals surface area contributed by atoms with E-state index in [1.54, 1.807) is 57.2 Å². The van der Waals surface area contributed by atoms with E-state index in [0.717, 1.165) is 5.56 Å². The number of rotatable bonds is 6. The summed E-state index contributed by atoms with van der Waals surface area (Å²) >= 11 is 0. The first-order chi connectivity index (χ1) is 14.8. The van der Waals surface area contributed by atoms with Crippen LogP contribution in [0.3, 0.4) is 0 Å². The van der Waals surface area contributed by atoms with Crippen LogP contribution in [0.25, 0.3) is 0 Å². The molecule has 3 rings (SSSR count). The normalized spacial score (nSPS) is 10.8. The van der Waals surface area contributed by atoms with Crippen LogP contribution >= 0.6 is 0 Å². The molecule has 0 saturated heterocycles. The summed E-state index contributed by atoms with van der Waals surface area (Å²) in [5.41, 5.74) is 1.23. The molecule has 0 spiro atoms. The van der Waals surface area contributed by atoms with Crippen molar-refractivity contribution in [2.24, 2.45) is 0 Å². The topological polar surface area (TPSA) is 102 Å². The Morgan fingerprint density at radius 3 is 2.19 bits per heavy atom. The van der Waals surface area contributed by atoms with Crippen molar-refractivity contribution in [2.75, 3.05) is 5.32 Å². The monoisotopic (exact) mass is 420 g/mol. The quantitative estimate of drug-likeness (QED) is 0.607. The van der Waals surface area contributed by atoms with Gasteiger partial charge >= 0.3 is 12.1 Å². The molecule has 2 N–H and O–H groups in total. The van der Waals surface area contributed by atoms with E-state index in [2.05, 4.69) is 20.6 Å². The molecule has 0 aliphatic carbocycles. The Hall–Kier alpha value is -3.94. The predicted molar refractivity (Wildman–Crippen MR) is 116 cm³/mol. The fraction of sp³-hybridized carbons (Fsp3) is 0.217. The van der Waals surface area contributed by atoms with Crippen molar-refractivity contribution in [3.05, 3.63) is 78.1 Å². The number of amides is 2. The van der Waals surface area contributed by atoms with Crippen LogP contribution in [0, 0.1) is 0 Å². The smallest absolute Gasteiger partial charge is 0.407 e. The zero-order chi connectivity index (χ0) is 22.3. The molecule has 0 radical (unpaired) electrons. The lowest BCUT2D eigenvalue weighted by Gasteiger charge is -2.19.